The fourth-order valence-corrected chi connectivity index (χ4v) is 5.34. The van der Waals surface area contributed by atoms with E-state index in [1.165, 1.54) is 11.5 Å². The van der Waals surface area contributed by atoms with Crippen molar-refractivity contribution in [2.45, 2.75) is 19.5 Å². The fourth-order valence-electron chi connectivity index (χ4n) is 3.29. The molecular weight excluding hydrogens is 539 g/mol. The molecule has 3 aromatic rings. The standard InChI is InChI=1S/C22H25IN6O2S/c1-27(22-25-21(26-32-22)29-14-11-24-23-29)12-2-13-28(15-17-3-7-19(30)8-4-17)16-18-5-9-20(31)10-6-18/h3-11,14,30-31H,2,12-13,15-16H2,1H3. The predicted octanol–water partition coefficient (Wildman–Crippen LogP) is 4.84. The van der Waals surface area contributed by atoms with Crippen LogP contribution in [0, 0.1) is 0 Å². The number of hydrogen-bond donors (Lipinski definition) is 2. The van der Waals surface area contributed by atoms with E-state index in [1.807, 2.05) is 46.8 Å². The topological polar surface area (TPSA) is 88.3 Å². The van der Waals surface area contributed by atoms with Gasteiger partial charge in [-0.15, -0.1) is 0 Å². The van der Waals surface area contributed by atoms with Gasteiger partial charge in [0, 0.05) is 51.0 Å². The Morgan fingerprint density at radius 3 is 2.12 bits per heavy atom. The van der Waals surface area contributed by atoms with Gasteiger partial charge < -0.3 is 15.1 Å². The van der Waals surface area contributed by atoms with Crippen LogP contribution >= 0.6 is 32.8 Å². The molecule has 0 spiro atoms. The first-order valence-electron chi connectivity index (χ1n) is 10.2. The largest absolute Gasteiger partial charge is 0.508 e. The second-order valence-corrected chi connectivity index (χ2v) is 10.2. The lowest BCUT2D eigenvalue weighted by molar-refractivity contribution is 0.254. The number of aromatic nitrogens is 2. The van der Waals surface area contributed by atoms with Crippen LogP contribution < -0.4 is 8.01 Å². The van der Waals surface area contributed by atoms with Crippen LogP contribution in [-0.4, -0.2) is 44.6 Å². The molecule has 0 unspecified atom stereocenters. The predicted molar refractivity (Wildman–Crippen MR) is 136 cm³/mol. The number of halogens is 1. The first kappa shape index (κ1) is 22.6. The van der Waals surface area contributed by atoms with Crippen molar-refractivity contribution in [2.24, 2.45) is 3.15 Å². The van der Waals surface area contributed by atoms with Gasteiger partial charge in [0.05, 0.1) is 6.20 Å². The Hall–Kier alpha value is -2.57. The lowest BCUT2D eigenvalue weighted by Crippen LogP contribution is -2.28. The maximum absolute atomic E-state index is 9.57. The molecule has 2 heterocycles. The first-order valence-corrected chi connectivity index (χ1v) is 12.9. The molecule has 1 aliphatic heterocycles. The smallest absolute Gasteiger partial charge is 0.253 e. The molecule has 32 heavy (non-hydrogen) atoms. The van der Waals surface area contributed by atoms with Crippen LogP contribution in [0.4, 0.5) is 11.1 Å². The van der Waals surface area contributed by atoms with E-state index >= 15 is 0 Å². The van der Waals surface area contributed by atoms with E-state index in [-0.39, 0.29) is 11.5 Å². The van der Waals surface area contributed by atoms with Gasteiger partial charge in [0.2, 0.25) is 5.13 Å². The fraction of sp³-hybridized carbons (Fsp3) is 0.273. The maximum Gasteiger partial charge on any atom is 0.253 e. The summed E-state index contributed by atoms with van der Waals surface area (Å²) >= 11 is 1.00. The van der Waals surface area contributed by atoms with E-state index in [0.717, 1.165) is 54.8 Å². The maximum atomic E-state index is 9.57. The van der Waals surface area contributed by atoms with Crippen LogP contribution in [0.5, 0.6) is 11.5 Å². The third-order valence-electron chi connectivity index (χ3n) is 4.95. The second kappa shape index (κ2) is 10.8. The van der Waals surface area contributed by atoms with Crippen molar-refractivity contribution in [3.05, 3.63) is 72.1 Å². The Morgan fingerprint density at radius 1 is 0.938 bits per heavy atom. The molecular formula is C22H25IN6O2S. The average Bonchev–Trinajstić information content (AvgIpc) is 3.49. The van der Waals surface area contributed by atoms with Crippen LogP contribution in [0.2, 0.25) is 0 Å². The molecule has 0 saturated heterocycles. The van der Waals surface area contributed by atoms with Crippen LogP contribution in [0.3, 0.4) is 0 Å². The minimum Gasteiger partial charge on any atom is -0.508 e. The number of anilines is 2. The van der Waals surface area contributed by atoms with Crippen LogP contribution in [-0.2, 0) is 13.1 Å². The highest BCUT2D eigenvalue weighted by Gasteiger charge is 2.15. The van der Waals surface area contributed by atoms with Crippen molar-refractivity contribution in [1.29, 1.82) is 0 Å². The van der Waals surface area contributed by atoms with Gasteiger partial charge in [0.1, 0.15) is 32.8 Å². The average molecular weight is 564 g/mol. The zero-order valence-corrected chi connectivity index (χ0v) is 20.6. The minimum atomic E-state index is -0.411. The van der Waals surface area contributed by atoms with E-state index in [4.69, 9.17) is 0 Å². The van der Waals surface area contributed by atoms with Gasteiger partial charge in [-0.25, -0.2) is 6.26 Å². The Morgan fingerprint density at radius 2 is 1.56 bits per heavy atom. The summed E-state index contributed by atoms with van der Waals surface area (Å²) in [6.07, 6.45) is 4.71. The lowest BCUT2D eigenvalue weighted by atomic mass is 10.1. The van der Waals surface area contributed by atoms with Crippen molar-refractivity contribution in [3.8, 4) is 11.5 Å². The third kappa shape index (κ3) is 6.24. The Labute approximate surface area is 202 Å². The number of benzene rings is 2. The zero-order chi connectivity index (χ0) is 22.3. The second-order valence-electron chi connectivity index (χ2n) is 7.48. The molecule has 2 N–H and O–H groups in total. The summed E-state index contributed by atoms with van der Waals surface area (Å²) in [7, 11) is 2.05. The summed E-state index contributed by atoms with van der Waals surface area (Å²) < 4.78 is 10.8. The van der Waals surface area contributed by atoms with E-state index in [2.05, 4.69) is 22.3 Å². The van der Waals surface area contributed by atoms with Crippen LogP contribution in [0.25, 0.3) is 0 Å². The molecule has 8 nitrogen and oxygen atoms in total. The molecule has 0 atom stereocenters. The van der Waals surface area contributed by atoms with E-state index in [9.17, 15) is 10.2 Å². The molecule has 168 valence electrons. The van der Waals surface area contributed by atoms with Crippen molar-refractivity contribution in [3.63, 3.8) is 0 Å². The number of rotatable bonds is 10. The van der Waals surface area contributed by atoms with E-state index in [0.29, 0.717) is 0 Å². The van der Waals surface area contributed by atoms with E-state index in [1.54, 1.807) is 24.3 Å². The van der Waals surface area contributed by atoms with Crippen molar-refractivity contribution in [2.75, 3.05) is 28.2 Å². The highest BCUT2D eigenvalue weighted by Crippen LogP contribution is 2.29. The van der Waals surface area contributed by atoms with Gasteiger partial charge in [0.25, 0.3) is 5.95 Å². The SMILES string of the molecule is CN(CCCN(Cc1ccc(O)cc1)Cc1ccc(O)cc1)c1nc(N2C=CN=I2)ns1. The molecule has 4 rings (SSSR count). The number of phenolic OH excluding ortho intramolecular Hbond substituents is 2. The lowest BCUT2D eigenvalue weighted by Gasteiger charge is -2.24. The summed E-state index contributed by atoms with van der Waals surface area (Å²) in [4.78, 5) is 9.18. The summed E-state index contributed by atoms with van der Waals surface area (Å²) in [5.74, 6) is 1.29. The van der Waals surface area contributed by atoms with Gasteiger partial charge >= 0.3 is 0 Å². The monoisotopic (exact) mass is 564 g/mol. The van der Waals surface area contributed by atoms with Crippen LogP contribution in [0.15, 0.2) is 64.1 Å². The molecule has 2 aromatic carbocycles. The van der Waals surface area contributed by atoms with Gasteiger partial charge in [-0.2, -0.15) is 9.36 Å². The summed E-state index contributed by atoms with van der Waals surface area (Å²) in [6.45, 7) is 3.33. The van der Waals surface area contributed by atoms with Crippen molar-refractivity contribution < 1.29 is 10.2 Å². The summed E-state index contributed by atoms with van der Waals surface area (Å²) in [5, 5.41) is 20.1. The number of phenols is 2. The van der Waals surface area contributed by atoms with Gasteiger partial charge in [-0.3, -0.25) is 4.90 Å². The third-order valence-corrected chi connectivity index (χ3v) is 7.56. The highest BCUT2D eigenvalue weighted by molar-refractivity contribution is 14.2. The molecule has 10 heteroatoms. The molecule has 0 aliphatic carbocycles. The Bertz CT molecular complexity index is 1010. The zero-order valence-electron chi connectivity index (χ0n) is 17.7. The first-order chi connectivity index (χ1) is 15.6. The summed E-state index contributed by atoms with van der Waals surface area (Å²) in [6, 6.07) is 14.7. The van der Waals surface area contributed by atoms with Crippen LogP contribution in [0.1, 0.15) is 17.5 Å². The molecule has 0 radical (unpaired) electrons. The summed E-state index contributed by atoms with van der Waals surface area (Å²) in [5.41, 5.74) is 2.30. The quantitative estimate of drug-likeness (QED) is 0.269. The molecule has 0 saturated carbocycles. The molecule has 0 bridgehead atoms. The minimum absolute atomic E-state index is 0.275. The number of hydrogen-bond acceptors (Lipinski definition) is 9. The van der Waals surface area contributed by atoms with E-state index < -0.39 is 21.3 Å². The van der Waals surface area contributed by atoms with Gasteiger partial charge in [0.15, 0.2) is 0 Å². The number of nitrogens with zero attached hydrogens (tertiary/aromatic N) is 6. The van der Waals surface area contributed by atoms with Gasteiger partial charge in [-0.1, -0.05) is 24.3 Å². The molecule has 0 amide bonds. The highest BCUT2D eigenvalue weighted by atomic mass is 127. The Kier molecular flexibility index (Phi) is 7.66. The van der Waals surface area contributed by atoms with Gasteiger partial charge in [-0.05, 0) is 41.8 Å². The Balaban J connectivity index is 1.35. The van der Waals surface area contributed by atoms with Crippen molar-refractivity contribution >= 4 is 43.9 Å². The molecule has 0 fully saturated rings. The number of aromatic hydroxyl groups is 2. The van der Waals surface area contributed by atoms with Crippen molar-refractivity contribution in [1.82, 2.24) is 14.3 Å². The molecule has 1 aliphatic rings. The molecule has 1 aromatic heterocycles. The normalized spacial score (nSPS) is 13.0.